The Balaban J connectivity index is 2.28. The van der Waals surface area contributed by atoms with Crippen LogP contribution in [0, 0.1) is 5.92 Å². The Kier molecular flexibility index (Phi) is 4.77. The molecule has 0 aliphatic rings. The molecule has 5 heteroatoms. The van der Waals surface area contributed by atoms with Crippen LogP contribution in [0.3, 0.4) is 0 Å². The first-order valence-electron chi connectivity index (χ1n) is 6.93. The largest absolute Gasteiger partial charge is 0.409 e. The Labute approximate surface area is 123 Å². The van der Waals surface area contributed by atoms with Crippen molar-refractivity contribution < 1.29 is 10.0 Å². The maximum atomic E-state index is 12.4. The molecule has 1 atom stereocenters. The number of amidine groups is 1. The van der Waals surface area contributed by atoms with Crippen molar-refractivity contribution in [1.82, 2.24) is 0 Å². The molecule has 0 heterocycles. The first-order chi connectivity index (χ1) is 10.2. The number of nitrogens with one attached hydrogen (secondary N) is 1. The Hall–Kier alpha value is -2.56. The molecule has 110 valence electrons. The molecule has 2 aromatic rings. The highest BCUT2D eigenvalue weighted by Gasteiger charge is 2.22. The Morgan fingerprint density at radius 3 is 2.71 bits per heavy atom. The van der Waals surface area contributed by atoms with E-state index < -0.39 is 5.92 Å². The second-order valence-corrected chi connectivity index (χ2v) is 4.88. The first-order valence-corrected chi connectivity index (χ1v) is 6.93. The Morgan fingerprint density at radius 1 is 1.29 bits per heavy atom. The van der Waals surface area contributed by atoms with E-state index in [1.165, 1.54) is 0 Å². The number of nitrogens with zero attached hydrogens (tertiary/aromatic N) is 1. The van der Waals surface area contributed by atoms with Crippen molar-refractivity contribution in [3.8, 4) is 0 Å². The first kappa shape index (κ1) is 14.8. The molecule has 5 nitrogen and oxygen atoms in total. The number of amides is 1. The highest BCUT2D eigenvalue weighted by atomic mass is 16.4. The summed E-state index contributed by atoms with van der Waals surface area (Å²) in [6.45, 7) is 1.95. The van der Waals surface area contributed by atoms with Gasteiger partial charge < -0.3 is 16.3 Å². The molecule has 0 radical (unpaired) electrons. The number of oxime groups is 1. The SMILES string of the molecule is CCCC(C(=O)Nc1cccc2ccccc12)C(N)=NO. The number of anilines is 1. The van der Waals surface area contributed by atoms with E-state index in [2.05, 4.69) is 10.5 Å². The molecule has 4 N–H and O–H groups in total. The minimum absolute atomic E-state index is 0.0606. The van der Waals surface area contributed by atoms with Gasteiger partial charge in [0.2, 0.25) is 5.91 Å². The summed E-state index contributed by atoms with van der Waals surface area (Å²) < 4.78 is 0. The lowest BCUT2D eigenvalue weighted by Crippen LogP contribution is -2.34. The monoisotopic (exact) mass is 285 g/mol. The summed E-state index contributed by atoms with van der Waals surface area (Å²) >= 11 is 0. The summed E-state index contributed by atoms with van der Waals surface area (Å²) in [5.41, 5.74) is 6.34. The van der Waals surface area contributed by atoms with Crippen LogP contribution in [0.2, 0.25) is 0 Å². The average Bonchev–Trinajstić information content (AvgIpc) is 2.52. The molecule has 0 bridgehead atoms. The standard InChI is InChI=1S/C16H19N3O2/c1-2-6-13(15(17)19-21)16(20)18-14-10-5-8-11-7-3-4-9-12(11)14/h3-5,7-10,13,21H,2,6H2,1H3,(H2,17,19)(H,18,20). The van der Waals surface area contributed by atoms with Gasteiger partial charge in [0.05, 0.1) is 5.92 Å². The molecule has 0 spiro atoms. The minimum Gasteiger partial charge on any atom is -0.409 e. The summed E-state index contributed by atoms with van der Waals surface area (Å²) in [6.07, 6.45) is 1.30. The second-order valence-electron chi connectivity index (χ2n) is 4.88. The summed E-state index contributed by atoms with van der Waals surface area (Å²) in [5.74, 6) is -0.947. The van der Waals surface area contributed by atoms with Gasteiger partial charge in [0.15, 0.2) is 5.84 Å². The molecule has 2 aromatic carbocycles. The van der Waals surface area contributed by atoms with Gasteiger partial charge in [-0.25, -0.2) is 0 Å². The zero-order valence-corrected chi connectivity index (χ0v) is 11.9. The van der Waals surface area contributed by atoms with Crippen LogP contribution in [0.15, 0.2) is 47.6 Å². The minimum atomic E-state index is -0.626. The number of carbonyl (C=O) groups excluding carboxylic acids is 1. The molecule has 1 unspecified atom stereocenters. The lowest BCUT2D eigenvalue weighted by Gasteiger charge is -2.15. The highest BCUT2D eigenvalue weighted by Crippen LogP contribution is 2.24. The number of benzene rings is 2. The number of nitrogens with two attached hydrogens (primary N) is 1. The highest BCUT2D eigenvalue weighted by molar-refractivity contribution is 6.10. The zero-order valence-electron chi connectivity index (χ0n) is 11.9. The Bertz CT molecular complexity index is 662. The number of fused-ring (bicyclic) bond motifs is 1. The quantitative estimate of drug-likeness (QED) is 0.341. The van der Waals surface area contributed by atoms with E-state index in [1.54, 1.807) is 0 Å². The van der Waals surface area contributed by atoms with Crippen molar-refractivity contribution in [2.45, 2.75) is 19.8 Å². The molecular formula is C16H19N3O2. The number of carbonyl (C=O) groups is 1. The van der Waals surface area contributed by atoms with Crippen molar-refractivity contribution in [2.24, 2.45) is 16.8 Å². The van der Waals surface area contributed by atoms with Crippen LogP contribution < -0.4 is 11.1 Å². The van der Waals surface area contributed by atoms with E-state index in [0.717, 1.165) is 22.9 Å². The second kappa shape index (κ2) is 6.74. The molecule has 0 aliphatic heterocycles. The molecule has 0 fully saturated rings. The van der Waals surface area contributed by atoms with E-state index in [0.29, 0.717) is 6.42 Å². The van der Waals surface area contributed by atoms with E-state index in [9.17, 15) is 4.79 Å². The summed E-state index contributed by atoms with van der Waals surface area (Å²) in [4.78, 5) is 12.4. The van der Waals surface area contributed by atoms with Gasteiger partial charge >= 0.3 is 0 Å². The molecule has 21 heavy (non-hydrogen) atoms. The topological polar surface area (TPSA) is 87.7 Å². The normalized spacial score (nSPS) is 13.1. The summed E-state index contributed by atoms with van der Waals surface area (Å²) in [5, 5.41) is 16.7. The van der Waals surface area contributed by atoms with E-state index >= 15 is 0 Å². The van der Waals surface area contributed by atoms with Crippen LogP contribution in [-0.2, 0) is 4.79 Å². The van der Waals surface area contributed by atoms with Crippen molar-refractivity contribution in [2.75, 3.05) is 5.32 Å². The van der Waals surface area contributed by atoms with Crippen LogP contribution in [0.5, 0.6) is 0 Å². The molecule has 1 amide bonds. The van der Waals surface area contributed by atoms with Crippen molar-refractivity contribution >= 4 is 28.2 Å². The lowest BCUT2D eigenvalue weighted by molar-refractivity contribution is -0.118. The summed E-state index contributed by atoms with van der Waals surface area (Å²) in [6, 6.07) is 13.5. The van der Waals surface area contributed by atoms with Gasteiger partial charge in [-0.1, -0.05) is 54.9 Å². The van der Waals surface area contributed by atoms with Gasteiger partial charge in [0, 0.05) is 11.1 Å². The zero-order chi connectivity index (χ0) is 15.2. The van der Waals surface area contributed by atoms with Crippen LogP contribution in [0.4, 0.5) is 5.69 Å². The fourth-order valence-corrected chi connectivity index (χ4v) is 2.33. The smallest absolute Gasteiger partial charge is 0.235 e. The predicted octanol–water partition coefficient (Wildman–Crippen LogP) is 2.94. The van der Waals surface area contributed by atoms with E-state index in [-0.39, 0.29) is 11.7 Å². The predicted molar refractivity (Wildman–Crippen MR) is 84.4 cm³/mol. The fourth-order valence-electron chi connectivity index (χ4n) is 2.33. The number of hydrogen-bond acceptors (Lipinski definition) is 3. The van der Waals surface area contributed by atoms with Gasteiger partial charge in [-0.05, 0) is 17.9 Å². The lowest BCUT2D eigenvalue weighted by atomic mass is 10.0. The van der Waals surface area contributed by atoms with Crippen molar-refractivity contribution in [3.05, 3.63) is 42.5 Å². The van der Waals surface area contributed by atoms with Crippen molar-refractivity contribution in [3.63, 3.8) is 0 Å². The average molecular weight is 285 g/mol. The number of hydrogen-bond donors (Lipinski definition) is 3. The molecular weight excluding hydrogens is 266 g/mol. The van der Waals surface area contributed by atoms with Crippen LogP contribution in [-0.4, -0.2) is 17.0 Å². The van der Waals surface area contributed by atoms with E-state index in [4.69, 9.17) is 10.9 Å². The molecule has 2 rings (SSSR count). The number of rotatable bonds is 5. The van der Waals surface area contributed by atoms with Crippen molar-refractivity contribution in [1.29, 1.82) is 0 Å². The van der Waals surface area contributed by atoms with Crippen LogP contribution in [0.1, 0.15) is 19.8 Å². The van der Waals surface area contributed by atoms with Gasteiger partial charge in [-0.3, -0.25) is 4.79 Å². The third kappa shape index (κ3) is 3.31. The molecule has 0 saturated carbocycles. The molecule has 0 aromatic heterocycles. The van der Waals surface area contributed by atoms with Gasteiger partial charge in [0.1, 0.15) is 0 Å². The van der Waals surface area contributed by atoms with Gasteiger partial charge in [-0.15, -0.1) is 0 Å². The molecule has 0 saturated heterocycles. The van der Waals surface area contributed by atoms with Crippen LogP contribution >= 0.6 is 0 Å². The summed E-state index contributed by atoms with van der Waals surface area (Å²) in [7, 11) is 0. The third-order valence-electron chi connectivity index (χ3n) is 3.41. The maximum absolute atomic E-state index is 12.4. The third-order valence-corrected chi connectivity index (χ3v) is 3.41. The fraction of sp³-hybridized carbons (Fsp3) is 0.250. The molecule has 0 aliphatic carbocycles. The van der Waals surface area contributed by atoms with Crippen LogP contribution in [0.25, 0.3) is 10.8 Å². The van der Waals surface area contributed by atoms with E-state index in [1.807, 2.05) is 49.4 Å². The van der Waals surface area contributed by atoms with Gasteiger partial charge in [0.25, 0.3) is 0 Å². The maximum Gasteiger partial charge on any atom is 0.235 e. The Morgan fingerprint density at radius 2 is 2.00 bits per heavy atom. The van der Waals surface area contributed by atoms with Gasteiger partial charge in [-0.2, -0.15) is 0 Å².